The van der Waals surface area contributed by atoms with Gasteiger partial charge in [0.05, 0.1) is 27.9 Å². The zero-order valence-corrected chi connectivity index (χ0v) is 21.8. The molecule has 2 aliphatic heterocycles. The van der Waals surface area contributed by atoms with Crippen molar-refractivity contribution in [3.05, 3.63) is 88.5 Å². The number of hydrogen-bond donors (Lipinski definition) is 0. The van der Waals surface area contributed by atoms with Crippen LogP contribution in [0, 0.1) is 0 Å². The number of nitrogens with zero attached hydrogens (tertiary/aromatic N) is 2. The molecule has 6 heteroatoms. The van der Waals surface area contributed by atoms with Crippen LogP contribution in [0.2, 0.25) is 0 Å². The molecule has 0 fully saturated rings. The van der Waals surface area contributed by atoms with Crippen molar-refractivity contribution in [1.29, 1.82) is 0 Å². The third-order valence-corrected chi connectivity index (χ3v) is 7.96. The molecule has 0 bridgehead atoms. The maximum Gasteiger partial charge on any atom is 0.266 e. The van der Waals surface area contributed by atoms with Gasteiger partial charge in [0.25, 0.3) is 23.6 Å². The normalized spacial score (nSPS) is 15.9. The van der Waals surface area contributed by atoms with Gasteiger partial charge in [0.15, 0.2) is 0 Å². The summed E-state index contributed by atoms with van der Waals surface area (Å²) < 4.78 is 0. The van der Waals surface area contributed by atoms with Crippen LogP contribution in [0.25, 0.3) is 11.1 Å². The number of fused-ring (bicyclic) bond motifs is 2. The van der Waals surface area contributed by atoms with Gasteiger partial charge >= 0.3 is 0 Å². The molecule has 0 N–H and O–H groups in total. The van der Waals surface area contributed by atoms with Crippen LogP contribution in [0.3, 0.4) is 0 Å². The van der Waals surface area contributed by atoms with E-state index in [2.05, 4.69) is 20.8 Å². The molecule has 4 amide bonds. The van der Waals surface area contributed by atoms with Gasteiger partial charge in [0, 0.05) is 6.04 Å². The van der Waals surface area contributed by atoms with Crippen LogP contribution in [0.5, 0.6) is 0 Å². The van der Waals surface area contributed by atoms with Crippen LogP contribution in [0.4, 0.5) is 5.69 Å². The predicted octanol–water partition coefficient (Wildman–Crippen LogP) is 6.24. The van der Waals surface area contributed by atoms with Gasteiger partial charge in [-0.1, -0.05) is 52.0 Å². The van der Waals surface area contributed by atoms with Crippen LogP contribution in [0.15, 0.2) is 60.7 Å². The quantitative estimate of drug-likeness (QED) is 0.380. The van der Waals surface area contributed by atoms with Crippen molar-refractivity contribution in [2.75, 3.05) is 4.90 Å². The highest BCUT2D eigenvalue weighted by molar-refractivity contribution is 6.34. The SMILES string of the molecule is CCC(C)N1C(=O)c2ccc(-c3ccc4c(c3)C(=O)N(c3ccc(C(C)(C)CC)cc3)C4=O)cc2C1=O. The van der Waals surface area contributed by atoms with Gasteiger partial charge in [-0.05, 0) is 78.3 Å². The summed E-state index contributed by atoms with van der Waals surface area (Å²) in [6, 6.07) is 17.7. The molecular formula is C31H30N2O4. The Hall–Kier alpha value is -4.06. The van der Waals surface area contributed by atoms with E-state index in [0.717, 1.165) is 12.0 Å². The molecule has 5 rings (SSSR count). The maximum atomic E-state index is 13.4. The highest BCUT2D eigenvalue weighted by Crippen LogP contribution is 2.35. The van der Waals surface area contributed by atoms with Crippen molar-refractivity contribution in [2.24, 2.45) is 0 Å². The van der Waals surface area contributed by atoms with Gasteiger partial charge < -0.3 is 0 Å². The van der Waals surface area contributed by atoms with Crippen LogP contribution in [-0.2, 0) is 5.41 Å². The Balaban J connectivity index is 1.47. The summed E-state index contributed by atoms with van der Waals surface area (Å²) in [6.07, 6.45) is 1.65. The van der Waals surface area contributed by atoms with Crippen molar-refractivity contribution in [2.45, 2.75) is 58.9 Å². The van der Waals surface area contributed by atoms with Gasteiger partial charge in [-0.2, -0.15) is 0 Å². The van der Waals surface area contributed by atoms with E-state index in [9.17, 15) is 19.2 Å². The first kappa shape index (κ1) is 24.6. The molecule has 2 heterocycles. The van der Waals surface area contributed by atoms with Gasteiger partial charge in [0.1, 0.15) is 0 Å². The van der Waals surface area contributed by atoms with Crippen molar-refractivity contribution < 1.29 is 19.2 Å². The number of carbonyl (C=O) groups excluding carboxylic acids is 4. The Kier molecular flexibility index (Phi) is 5.86. The number of benzene rings is 3. The van der Waals surface area contributed by atoms with E-state index in [4.69, 9.17) is 0 Å². The highest BCUT2D eigenvalue weighted by Gasteiger charge is 2.39. The Morgan fingerprint density at radius 2 is 1.16 bits per heavy atom. The second-order valence-corrected chi connectivity index (χ2v) is 10.5. The summed E-state index contributed by atoms with van der Waals surface area (Å²) in [5, 5.41) is 0. The molecule has 0 saturated heterocycles. The fourth-order valence-corrected chi connectivity index (χ4v) is 4.94. The number of anilines is 1. The Morgan fingerprint density at radius 3 is 1.70 bits per heavy atom. The minimum Gasteiger partial charge on any atom is -0.272 e. The first-order valence-corrected chi connectivity index (χ1v) is 12.7. The summed E-state index contributed by atoms with van der Waals surface area (Å²) in [4.78, 5) is 54.8. The maximum absolute atomic E-state index is 13.4. The Bertz CT molecular complexity index is 1470. The summed E-state index contributed by atoms with van der Waals surface area (Å²) in [5.41, 5.74) is 4.52. The van der Waals surface area contributed by atoms with Crippen LogP contribution >= 0.6 is 0 Å². The van der Waals surface area contributed by atoms with Gasteiger partial charge in [-0.3, -0.25) is 24.1 Å². The number of carbonyl (C=O) groups is 4. The smallest absolute Gasteiger partial charge is 0.266 e. The number of imide groups is 2. The second kappa shape index (κ2) is 8.80. The molecule has 3 aromatic rings. The summed E-state index contributed by atoms with van der Waals surface area (Å²) in [6.45, 7) is 10.2. The average Bonchev–Trinajstić information content (AvgIpc) is 3.31. The molecule has 1 unspecified atom stereocenters. The minimum atomic E-state index is -0.375. The van der Waals surface area contributed by atoms with Crippen molar-refractivity contribution in [3.63, 3.8) is 0 Å². The molecule has 6 nitrogen and oxygen atoms in total. The topological polar surface area (TPSA) is 74.8 Å². The summed E-state index contributed by atoms with van der Waals surface area (Å²) in [7, 11) is 0. The van der Waals surface area contributed by atoms with Crippen molar-refractivity contribution in [1.82, 2.24) is 4.90 Å². The molecule has 37 heavy (non-hydrogen) atoms. The Morgan fingerprint density at radius 1 is 0.676 bits per heavy atom. The zero-order chi connectivity index (χ0) is 26.6. The first-order chi connectivity index (χ1) is 17.6. The first-order valence-electron chi connectivity index (χ1n) is 12.7. The minimum absolute atomic E-state index is 0.00287. The molecule has 2 aliphatic rings. The Labute approximate surface area is 216 Å². The third kappa shape index (κ3) is 3.79. The molecule has 0 aliphatic carbocycles. The molecule has 0 radical (unpaired) electrons. The lowest BCUT2D eigenvalue weighted by Gasteiger charge is -2.24. The van der Waals surface area contributed by atoms with E-state index in [0.29, 0.717) is 45.5 Å². The average molecular weight is 495 g/mol. The van der Waals surface area contributed by atoms with Crippen LogP contribution in [-0.4, -0.2) is 34.6 Å². The second-order valence-electron chi connectivity index (χ2n) is 10.5. The van der Waals surface area contributed by atoms with E-state index in [1.807, 2.05) is 38.1 Å². The van der Waals surface area contributed by atoms with E-state index < -0.39 is 0 Å². The predicted molar refractivity (Wildman–Crippen MR) is 143 cm³/mol. The summed E-state index contributed by atoms with van der Waals surface area (Å²) in [5.74, 6) is -1.31. The monoisotopic (exact) mass is 494 g/mol. The van der Waals surface area contributed by atoms with Gasteiger partial charge in [-0.25, -0.2) is 4.90 Å². The molecule has 3 aromatic carbocycles. The fourth-order valence-electron chi connectivity index (χ4n) is 4.94. The number of amides is 4. The lowest BCUT2D eigenvalue weighted by molar-refractivity contribution is 0.0593. The molecule has 0 aromatic heterocycles. The van der Waals surface area contributed by atoms with Crippen molar-refractivity contribution >= 4 is 29.3 Å². The molecule has 0 saturated carbocycles. The molecule has 188 valence electrons. The molecule has 1 atom stereocenters. The van der Waals surface area contributed by atoms with E-state index in [1.165, 1.54) is 9.80 Å². The largest absolute Gasteiger partial charge is 0.272 e. The number of rotatable bonds is 6. The third-order valence-electron chi connectivity index (χ3n) is 7.96. The van der Waals surface area contributed by atoms with E-state index in [1.54, 1.807) is 36.4 Å². The standard InChI is InChI=1S/C31H30N2O4/c1-6-18(3)32-27(34)23-14-8-19(16-25(23)29(32)36)20-9-15-24-26(17-20)30(37)33(28(24)35)22-12-10-21(11-13-22)31(4,5)7-2/h8-18H,6-7H2,1-5H3. The van der Waals surface area contributed by atoms with Crippen molar-refractivity contribution in [3.8, 4) is 11.1 Å². The van der Waals surface area contributed by atoms with Gasteiger partial charge in [-0.15, -0.1) is 0 Å². The van der Waals surface area contributed by atoms with E-state index >= 15 is 0 Å². The van der Waals surface area contributed by atoms with Crippen LogP contribution in [0.1, 0.15) is 94.5 Å². The fraction of sp³-hybridized carbons (Fsp3) is 0.290. The summed E-state index contributed by atoms with van der Waals surface area (Å²) >= 11 is 0. The number of hydrogen-bond acceptors (Lipinski definition) is 4. The van der Waals surface area contributed by atoms with E-state index in [-0.39, 0.29) is 35.1 Å². The lowest BCUT2D eigenvalue weighted by Crippen LogP contribution is -2.37. The molecular weight excluding hydrogens is 464 g/mol. The zero-order valence-electron chi connectivity index (χ0n) is 21.8. The highest BCUT2D eigenvalue weighted by atomic mass is 16.2. The van der Waals surface area contributed by atoms with Gasteiger partial charge in [0.2, 0.25) is 0 Å². The molecule has 0 spiro atoms. The lowest BCUT2D eigenvalue weighted by atomic mass is 9.82. The van der Waals surface area contributed by atoms with Crippen LogP contribution < -0.4 is 4.90 Å².